The van der Waals surface area contributed by atoms with Gasteiger partial charge in [-0.05, 0) is 80.3 Å². The second kappa shape index (κ2) is 11.7. The van der Waals surface area contributed by atoms with Crippen LogP contribution in [0.3, 0.4) is 0 Å². The summed E-state index contributed by atoms with van der Waals surface area (Å²) in [5.41, 5.74) is 4.91. The standard InChI is InChI=1S/C33H32Cl2N4O2S/c1-33(2,3)41-32(40)38-19-24(20-38)30-37-27-12-9-23(18-28(27)39(30)15-13-21-5-4-6-26(35)17-21)29(31-36-14-16-42-31)22-7-10-25(34)11-8-22/h4-12,14,16-18,24,29H,13,15,19-20H2,1-3H3. The molecule has 2 aromatic heterocycles. The summed E-state index contributed by atoms with van der Waals surface area (Å²) < 4.78 is 7.91. The fourth-order valence-electron chi connectivity index (χ4n) is 5.45. The quantitative estimate of drug-likeness (QED) is 0.183. The van der Waals surface area contributed by atoms with Crippen LogP contribution < -0.4 is 0 Å². The maximum Gasteiger partial charge on any atom is 0.410 e. The van der Waals surface area contributed by atoms with Crippen LogP contribution in [0.2, 0.25) is 10.0 Å². The summed E-state index contributed by atoms with van der Waals surface area (Å²) in [5.74, 6) is 1.08. The third kappa shape index (κ3) is 6.19. The van der Waals surface area contributed by atoms with Crippen LogP contribution in [0, 0.1) is 0 Å². The van der Waals surface area contributed by atoms with Crippen LogP contribution in [0.15, 0.2) is 78.3 Å². The Balaban J connectivity index is 1.37. The van der Waals surface area contributed by atoms with Crippen molar-refractivity contribution in [3.8, 4) is 0 Å². The minimum atomic E-state index is -0.527. The van der Waals surface area contributed by atoms with Crippen molar-refractivity contribution in [3.05, 3.63) is 116 Å². The molecule has 1 aliphatic heterocycles. The molecular formula is C33H32Cl2N4O2S. The highest BCUT2D eigenvalue weighted by atomic mass is 35.5. The second-order valence-corrected chi connectivity index (χ2v) is 13.5. The lowest BCUT2D eigenvalue weighted by Crippen LogP contribution is -2.51. The lowest BCUT2D eigenvalue weighted by Gasteiger charge is -2.39. The zero-order chi connectivity index (χ0) is 29.4. The third-order valence-electron chi connectivity index (χ3n) is 7.45. The van der Waals surface area contributed by atoms with Gasteiger partial charge in [0.1, 0.15) is 16.4 Å². The van der Waals surface area contributed by atoms with Gasteiger partial charge >= 0.3 is 6.09 Å². The van der Waals surface area contributed by atoms with Gasteiger partial charge in [-0.1, -0.05) is 53.5 Å². The van der Waals surface area contributed by atoms with Crippen molar-refractivity contribution in [2.24, 2.45) is 0 Å². The second-order valence-electron chi connectivity index (χ2n) is 11.7. The van der Waals surface area contributed by atoms with Crippen LogP contribution in [0.4, 0.5) is 4.79 Å². The number of carbonyl (C=O) groups is 1. The van der Waals surface area contributed by atoms with Crippen molar-refractivity contribution in [2.75, 3.05) is 13.1 Å². The summed E-state index contributed by atoms with van der Waals surface area (Å²) in [5, 5.41) is 4.47. The van der Waals surface area contributed by atoms with Crippen molar-refractivity contribution in [3.63, 3.8) is 0 Å². The molecule has 0 spiro atoms. The molecule has 216 valence electrons. The number of ether oxygens (including phenoxy) is 1. The first kappa shape index (κ1) is 28.7. The molecule has 1 fully saturated rings. The first-order valence-corrected chi connectivity index (χ1v) is 15.7. The molecule has 6 rings (SSSR count). The van der Waals surface area contributed by atoms with E-state index in [0.29, 0.717) is 18.1 Å². The molecule has 3 aromatic carbocycles. The zero-order valence-corrected chi connectivity index (χ0v) is 26.1. The molecule has 0 radical (unpaired) electrons. The van der Waals surface area contributed by atoms with Gasteiger partial charge in [0.05, 0.1) is 22.9 Å². The molecule has 1 unspecified atom stereocenters. The lowest BCUT2D eigenvalue weighted by molar-refractivity contribution is 0.00728. The Morgan fingerprint density at radius 1 is 1.02 bits per heavy atom. The monoisotopic (exact) mass is 618 g/mol. The van der Waals surface area contributed by atoms with Crippen LogP contribution in [0.1, 0.15) is 60.1 Å². The molecular weight excluding hydrogens is 587 g/mol. The van der Waals surface area contributed by atoms with E-state index in [-0.39, 0.29) is 17.9 Å². The summed E-state index contributed by atoms with van der Waals surface area (Å²) in [6, 6.07) is 22.5. The Kier molecular flexibility index (Phi) is 8.01. The van der Waals surface area contributed by atoms with Gasteiger partial charge < -0.3 is 14.2 Å². The number of nitrogens with zero attached hydrogens (tertiary/aromatic N) is 4. The number of amides is 1. The molecule has 1 amide bonds. The molecule has 3 heterocycles. The molecule has 5 aromatic rings. The smallest absolute Gasteiger partial charge is 0.410 e. The SMILES string of the molecule is CC(C)(C)OC(=O)N1CC(c2nc3ccc(C(c4ccc(Cl)cc4)c4nccs4)cc3n2CCc2cccc(Cl)c2)C1. The fraction of sp³-hybridized carbons (Fsp3) is 0.303. The van der Waals surface area contributed by atoms with Crippen LogP contribution in [-0.4, -0.2) is 44.2 Å². The minimum absolute atomic E-state index is 0.0299. The van der Waals surface area contributed by atoms with E-state index in [0.717, 1.165) is 56.5 Å². The van der Waals surface area contributed by atoms with Crippen LogP contribution in [0.25, 0.3) is 11.0 Å². The van der Waals surface area contributed by atoms with Crippen molar-refractivity contribution in [1.82, 2.24) is 19.4 Å². The van der Waals surface area contributed by atoms with Gasteiger partial charge in [0.25, 0.3) is 0 Å². The molecule has 1 saturated heterocycles. The minimum Gasteiger partial charge on any atom is -0.444 e. The van der Waals surface area contributed by atoms with Gasteiger partial charge in [-0.2, -0.15) is 0 Å². The Bertz CT molecular complexity index is 1700. The number of hydrogen-bond acceptors (Lipinski definition) is 5. The topological polar surface area (TPSA) is 60.2 Å². The van der Waals surface area contributed by atoms with Gasteiger partial charge in [0.2, 0.25) is 0 Å². The average Bonchev–Trinajstić information content (AvgIpc) is 3.55. The van der Waals surface area contributed by atoms with E-state index in [1.165, 1.54) is 0 Å². The van der Waals surface area contributed by atoms with Gasteiger partial charge in [-0.15, -0.1) is 11.3 Å². The Labute approximate surface area is 259 Å². The normalized spacial score (nSPS) is 14.6. The van der Waals surface area contributed by atoms with Crippen molar-refractivity contribution in [1.29, 1.82) is 0 Å². The van der Waals surface area contributed by atoms with E-state index < -0.39 is 5.60 Å². The van der Waals surface area contributed by atoms with E-state index >= 15 is 0 Å². The summed E-state index contributed by atoms with van der Waals surface area (Å²) in [7, 11) is 0. The fourth-order valence-corrected chi connectivity index (χ4v) is 6.58. The van der Waals surface area contributed by atoms with E-state index in [4.69, 9.17) is 32.9 Å². The molecule has 1 atom stereocenters. The van der Waals surface area contributed by atoms with Crippen LogP contribution in [0.5, 0.6) is 0 Å². The summed E-state index contributed by atoms with van der Waals surface area (Å²) >= 11 is 14.2. The summed E-state index contributed by atoms with van der Waals surface area (Å²) in [4.78, 5) is 24.2. The predicted molar refractivity (Wildman–Crippen MR) is 170 cm³/mol. The van der Waals surface area contributed by atoms with Crippen LogP contribution in [-0.2, 0) is 17.7 Å². The predicted octanol–water partition coefficient (Wildman–Crippen LogP) is 8.56. The molecule has 9 heteroatoms. The van der Waals surface area contributed by atoms with Gasteiger partial charge in [-0.3, -0.25) is 0 Å². The van der Waals surface area contributed by atoms with E-state index in [2.05, 4.69) is 45.9 Å². The van der Waals surface area contributed by atoms with Crippen molar-refractivity contribution < 1.29 is 9.53 Å². The number of imidazole rings is 1. The number of thiazole rings is 1. The number of carbonyl (C=O) groups excluding carboxylic acids is 1. The van der Waals surface area contributed by atoms with Crippen molar-refractivity contribution >= 4 is 51.7 Å². The Morgan fingerprint density at radius 2 is 1.79 bits per heavy atom. The molecule has 0 bridgehead atoms. The number of benzene rings is 3. The van der Waals surface area contributed by atoms with Gasteiger partial charge in [-0.25, -0.2) is 14.8 Å². The van der Waals surface area contributed by atoms with E-state index in [9.17, 15) is 4.79 Å². The highest BCUT2D eigenvalue weighted by Gasteiger charge is 2.37. The first-order chi connectivity index (χ1) is 20.1. The van der Waals surface area contributed by atoms with E-state index in [1.807, 2.05) is 62.7 Å². The van der Waals surface area contributed by atoms with Crippen LogP contribution >= 0.6 is 34.5 Å². The number of fused-ring (bicyclic) bond motifs is 1. The first-order valence-electron chi connectivity index (χ1n) is 14.0. The Morgan fingerprint density at radius 3 is 2.48 bits per heavy atom. The summed E-state index contributed by atoms with van der Waals surface area (Å²) in [6.07, 6.45) is 2.37. The number of hydrogen-bond donors (Lipinski definition) is 0. The average molecular weight is 620 g/mol. The summed E-state index contributed by atoms with van der Waals surface area (Å²) in [6.45, 7) is 7.55. The van der Waals surface area contributed by atoms with Crippen molar-refractivity contribution in [2.45, 2.75) is 51.2 Å². The molecule has 1 aliphatic rings. The van der Waals surface area contributed by atoms with E-state index in [1.54, 1.807) is 16.2 Å². The molecule has 42 heavy (non-hydrogen) atoms. The number of aryl methyl sites for hydroxylation is 2. The molecule has 6 nitrogen and oxygen atoms in total. The number of rotatable bonds is 7. The zero-order valence-electron chi connectivity index (χ0n) is 23.8. The lowest BCUT2D eigenvalue weighted by atomic mass is 9.91. The van der Waals surface area contributed by atoms with Gasteiger partial charge in [0, 0.05) is 41.3 Å². The highest BCUT2D eigenvalue weighted by Crippen LogP contribution is 2.37. The number of likely N-dealkylation sites (tertiary alicyclic amines) is 1. The molecule has 0 saturated carbocycles. The third-order valence-corrected chi connectivity index (χ3v) is 8.78. The molecule has 0 aliphatic carbocycles. The highest BCUT2D eigenvalue weighted by molar-refractivity contribution is 7.09. The Hall–Kier alpha value is -3.39. The number of halogens is 2. The van der Waals surface area contributed by atoms with Gasteiger partial charge in [0.15, 0.2) is 0 Å². The maximum atomic E-state index is 12.7. The molecule has 0 N–H and O–H groups in total. The number of aromatic nitrogens is 3. The maximum absolute atomic E-state index is 12.7. The largest absolute Gasteiger partial charge is 0.444 e.